The quantitative estimate of drug-likeness (QED) is 0.793. The summed E-state index contributed by atoms with van der Waals surface area (Å²) in [5.41, 5.74) is 1.44. The Labute approximate surface area is 93.0 Å². The molecule has 2 nitrogen and oxygen atoms in total. The molecule has 0 fully saturated rings. The van der Waals surface area contributed by atoms with Crippen molar-refractivity contribution in [2.24, 2.45) is 4.99 Å². The SMILES string of the molecule is Cc1c(F)cccc1NC1=NCC(C)S1. The van der Waals surface area contributed by atoms with E-state index >= 15 is 0 Å². The third-order valence-electron chi connectivity index (χ3n) is 2.31. The van der Waals surface area contributed by atoms with Gasteiger partial charge in [0.2, 0.25) is 0 Å². The van der Waals surface area contributed by atoms with Gasteiger partial charge in [-0.15, -0.1) is 0 Å². The molecule has 1 unspecified atom stereocenters. The van der Waals surface area contributed by atoms with Crippen molar-refractivity contribution in [2.75, 3.05) is 11.9 Å². The molecule has 1 aliphatic rings. The van der Waals surface area contributed by atoms with Crippen LogP contribution < -0.4 is 5.32 Å². The van der Waals surface area contributed by atoms with Gasteiger partial charge in [0.25, 0.3) is 0 Å². The molecule has 1 aliphatic heterocycles. The number of hydrogen-bond donors (Lipinski definition) is 1. The van der Waals surface area contributed by atoms with Gasteiger partial charge in [-0.3, -0.25) is 4.99 Å². The number of nitrogens with zero attached hydrogens (tertiary/aromatic N) is 1. The van der Waals surface area contributed by atoms with E-state index in [2.05, 4.69) is 17.2 Å². The highest BCUT2D eigenvalue weighted by atomic mass is 32.2. The molecular weight excluding hydrogens is 211 g/mol. The molecule has 1 N–H and O–H groups in total. The van der Waals surface area contributed by atoms with Gasteiger partial charge in [-0.1, -0.05) is 24.8 Å². The maximum atomic E-state index is 13.2. The second kappa shape index (κ2) is 4.23. The third kappa shape index (κ3) is 2.31. The average Bonchev–Trinajstić information content (AvgIpc) is 2.59. The molecule has 0 bridgehead atoms. The van der Waals surface area contributed by atoms with Gasteiger partial charge in [-0.05, 0) is 19.1 Å². The van der Waals surface area contributed by atoms with E-state index in [0.717, 1.165) is 17.4 Å². The maximum absolute atomic E-state index is 13.2. The number of thioether (sulfide) groups is 1. The summed E-state index contributed by atoms with van der Waals surface area (Å²) in [4.78, 5) is 4.33. The van der Waals surface area contributed by atoms with Crippen molar-refractivity contribution in [3.63, 3.8) is 0 Å². The fourth-order valence-electron chi connectivity index (χ4n) is 1.40. The Bertz CT molecular complexity index is 404. The molecule has 1 atom stereocenters. The lowest BCUT2D eigenvalue weighted by molar-refractivity contribution is 0.619. The predicted octanol–water partition coefficient (Wildman–Crippen LogP) is 3.04. The molecule has 1 heterocycles. The number of nitrogens with one attached hydrogen (secondary N) is 1. The van der Waals surface area contributed by atoms with E-state index in [4.69, 9.17) is 0 Å². The largest absolute Gasteiger partial charge is 0.335 e. The molecule has 1 aromatic rings. The first-order valence-electron chi connectivity index (χ1n) is 4.90. The summed E-state index contributed by atoms with van der Waals surface area (Å²) in [6.07, 6.45) is 0. The van der Waals surface area contributed by atoms with Crippen LogP contribution in [0.25, 0.3) is 0 Å². The Morgan fingerprint density at radius 3 is 3.00 bits per heavy atom. The molecule has 15 heavy (non-hydrogen) atoms. The number of hydrogen-bond acceptors (Lipinski definition) is 3. The molecule has 0 spiro atoms. The lowest BCUT2D eigenvalue weighted by atomic mass is 10.2. The van der Waals surface area contributed by atoms with Crippen LogP contribution in [0.2, 0.25) is 0 Å². The minimum Gasteiger partial charge on any atom is -0.335 e. The maximum Gasteiger partial charge on any atom is 0.161 e. The molecule has 1 aromatic carbocycles. The number of benzene rings is 1. The smallest absolute Gasteiger partial charge is 0.161 e. The number of anilines is 1. The number of halogens is 1. The van der Waals surface area contributed by atoms with E-state index in [1.54, 1.807) is 24.8 Å². The normalized spacial score (nSPS) is 20.2. The number of aliphatic imine (C=N–C) groups is 1. The summed E-state index contributed by atoms with van der Waals surface area (Å²) in [6.45, 7) is 4.73. The summed E-state index contributed by atoms with van der Waals surface area (Å²) in [7, 11) is 0. The lowest BCUT2D eigenvalue weighted by Crippen LogP contribution is -2.07. The van der Waals surface area contributed by atoms with Gasteiger partial charge in [0.1, 0.15) is 5.82 Å². The Balaban J connectivity index is 2.15. The first-order valence-corrected chi connectivity index (χ1v) is 5.78. The summed E-state index contributed by atoms with van der Waals surface area (Å²) in [6, 6.07) is 5.03. The van der Waals surface area contributed by atoms with Crippen molar-refractivity contribution in [3.05, 3.63) is 29.6 Å². The van der Waals surface area contributed by atoms with Crippen LogP contribution in [-0.4, -0.2) is 17.0 Å². The van der Waals surface area contributed by atoms with Gasteiger partial charge in [-0.2, -0.15) is 0 Å². The molecule has 80 valence electrons. The van der Waals surface area contributed by atoms with E-state index in [9.17, 15) is 4.39 Å². The van der Waals surface area contributed by atoms with Gasteiger partial charge >= 0.3 is 0 Å². The highest BCUT2D eigenvalue weighted by Gasteiger charge is 2.15. The van der Waals surface area contributed by atoms with Gasteiger partial charge in [0, 0.05) is 16.5 Å². The van der Waals surface area contributed by atoms with Gasteiger partial charge in [0.15, 0.2) is 5.17 Å². The van der Waals surface area contributed by atoms with Crippen molar-refractivity contribution in [1.82, 2.24) is 0 Å². The van der Waals surface area contributed by atoms with Crippen LogP contribution >= 0.6 is 11.8 Å². The predicted molar refractivity (Wildman–Crippen MR) is 64.1 cm³/mol. The fraction of sp³-hybridized carbons (Fsp3) is 0.364. The van der Waals surface area contributed by atoms with Crippen molar-refractivity contribution >= 4 is 22.6 Å². The molecule has 0 radical (unpaired) electrons. The Kier molecular flexibility index (Phi) is 2.95. The highest BCUT2D eigenvalue weighted by Crippen LogP contribution is 2.24. The van der Waals surface area contributed by atoms with E-state index in [-0.39, 0.29) is 5.82 Å². The van der Waals surface area contributed by atoms with Crippen molar-refractivity contribution in [2.45, 2.75) is 19.1 Å². The summed E-state index contributed by atoms with van der Waals surface area (Å²) in [5.74, 6) is -0.184. The minimum atomic E-state index is -0.184. The Hall–Kier alpha value is -1.03. The van der Waals surface area contributed by atoms with Crippen molar-refractivity contribution < 1.29 is 4.39 Å². The van der Waals surface area contributed by atoms with Crippen molar-refractivity contribution in [1.29, 1.82) is 0 Å². The Morgan fingerprint density at radius 2 is 2.33 bits per heavy atom. The van der Waals surface area contributed by atoms with Crippen LogP contribution in [0.15, 0.2) is 23.2 Å². The van der Waals surface area contributed by atoms with E-state index in [1.165, 1.54) is 6.07 Å². The van der Waals surface area contributed by atoms with Crippen LogP contribution in [-0.2, 0) is 0 Å². The van der Waals surface area contributed by atoms with E-state index in [0.29, 0.717) is 10.8 Å². The van der Waals surface area contributed by atoms with Crippen LogP contribution in [0.4, 0.5) is 10.1 Å². The van der Waals surface area contributed by atoms with Crippen LogP contribution in [0, 0.1) is 12.7 Å². The fourth-order valence-corrected chi connectivity index (χ4v) is 2.25. The zero-order chi connectivity index (χ0) is 10.8. The number of rotatable bonds is 1. The topological polar surface area (TPSA) is 24.4 Å². The van der Waals surface area contributed by atoms with Gasteiger partial charge < -0.3 is 5.32 Å². The standard InChI is InChI=1S/C11H13FN2S/c1-7-6-13-11(15-7)14-10-5-3-4-9(12)8(10)2/h3-5,7H,6H2,1-2H3,(H,13,14). The van der Waals surface area contributed by atoms with Crippen LogP contribution in [0.3, 0.4) is 0 Å². The summed E-state index contributed by atoms with van der Waals surface area (Å²) in [5, 5.41) is 4.55. The summed E-state index contributed by atoms with van der Waals surface area (Å²) < 4.78 is 13.2. The second-order valence-corrected chi connectivity index (χ2v) is 5.04. The van der Waals surface area contributed by atoms with Crippen molar-refractivity contribution in [3.8, 4) is 0 Å². The van der Waals surface area contributed by atoms with Gasteiger partial charge in [0.05, 0.1) is 6.54 Å². The van der Waals surface area contributed by atoms with E-state index in [1.807, 2.05) is 6.07 Å². The molecule has 0 aliphatic carbocycles. The number of amidine groups is 1. The molecule has 0 saturated carbocycles. The zero-order valence-electron chi connectivity index (χ0n) is 8.75. The molecule has 4 heteroatoms. The average molecular weight is 224 g/mol. The summed E-state index contributed by atoms with van der Waals surface area (Å²) >= 11 is 1.69. The molecule has 2 rings (SSSR count). The Morgan fingerprint density at radius 1 is 1.53 bits per heavy atom. The minimum absolute atomic E-state index is 0.184. The first kappa shape index (κ1) is 10.5. The first-order chi connectivity index (χ1) is 7.16. The monoisotopic (exact) mass is 224 g/mol. The van der Waals surface area contributed by atoms with Crippen LogP contribution in [0.1, 0.15) is 12.5 Å². The molecule has 0 amide bonds. The van der Waals surface area contributed by atoms with Gasteiger partial charge in [-0.25, -0.2) is 4.39 Å². The lowest BCUT2D eigenvalue weighted by Gasteiger charge is -2.09. The molecular formula is C11H13FN2S. The highest BCUT2D eigenvalue weighted by molar-refractivity contribution is 8.15. The van der Waals surface area contributed by atoms with Crippen LogP contribution in [0.5, 0.6) is 0 Å². The third-order valence-corrected chi connectivity index (χ3v) is 3.32. The zero-order valence-corrected chi connectivity index (χ0v) is 9.57. The molecule has 0 aromatic heterocycles. The second-order valence-electron chi connectivity index (χ2n) is 3.61. The molecule has 0 saturated heterocycles. The van der Waals surface area contributed by atoms with E-state index < -0.39 is 0 Å².